The van der Waals surface area contributed by atoms with Crippen LogP contribution in [0.5, 0.6) is 86.2 Å². The maximum atomic E-state index is 10.4. The highest BCUT2D eigenvalue weighted by Gasteiger charge is 2.18. The average molecular weight is 1120 g/mol. The van der Waals surface area contributed by atoms with E-state index in [0.29, 0.717) is 5.69 Å². The van der Waals surface area contributed by atoms with Crippen molar-refractivity contribution in [2.75, 3.05) is 11.5 Å². The summed E-state index contributed by atoms with van der Waals surface area (Å²) >= 11 is 0. The Morgan fingerprint density at radius 1 is 0.263 bits per heavy atom. The second kappa shape index (κ2) is 29.4. The first kappa shape index (κ1) is 65.4. The third kappa shape index (κ3) is 19.7. The lowest BCUT2D eigenvalue weighted by atomic mass is 10.1. The number of carboxylic acids is 7. The van der Waals surface area contributed by atoms with Crippen LogP contribution in [-0.4, -0.2) is 154 Å². The second-order valence-electron chi connectivity index (χ2n) is 14.6. The van der Waals surface area contributed by atoms with E-state index in [9.17, 15) is 33.6 Å². The van der Waals surface area contributed by atoms with E-state index in [4.69, 9.17) is 124 Å². The molecule has 0 radical (unpaired) electrons. The first-order valence-electron chi connectivity index (χ1n) is 20.6. The summed E-state index contributed by atoms with van der Waals surface area (Å²) in [6.07, 6.45) is 0. The van der Waals surface area contributed by atoms with E-state index in [1.54, 1.807) is 0 Å². The van der Waals surface area contributed by atoms with Crippen molar-refractivity contribution in [3.05, 3.63) is 148 Å². The van der Waals surface area contributed by atoms with Gasteiger partial charge in [0.15, 0.2) is 28.7 Å². The van der Waals surface area contributed by atoms with Gasteiger partial charge in [-0.2, -0.15) is 0 Å². The zero-order valence-corrected chi connectivity index (χ0v) is 39.7. The molecule has 31 heteroatoms. The highest BCUT2D eigenvalue weighted by Crippen LogP contribution is 2.37. The SMILES string of the molecule is Nc1ccc(C(=O)O)c(O)c1.Nc1cccc(C(=O)O)c1O.O=C(O)c1c(O)cc(O)cc1O.O=C(O)c1cc(O)c(O)cc1O.O=C(O)c1cc(O)ccc1O.O=C(O)c1ccc(O)c(O)c1O.O=C(O)c1ccc(O)cc1O. The maximum absolute atomic E-state index is 10.4. The smallest absolute Gasteiger partial charge is 0.343 e. The van der Waals surface area contributed by atoms with Crippen LogP contribution in [0.3, 0.4) is 0 Å². The number of aromatic hydroxyl groups is 15. The number of phenolic OH excluding ortho intramolecular Hbond substituents is 7. The first-order valence-corrected chi connectivity index (χ1v) is 20.6. The number of anilines is 2. The van der Waals surface area contributed by atoms with Crippen LogP contribution in [0.1, 0.15) is 72.5 Å². The molecule has 0 aliphatic carbocycles. The van der Waals surface area contributed by atoms with Crippen LogP contribution < -0.4 is 11.5 Å². The molecule has 424 valence electrons. The van der Waals surface area contributed by atoms with Crippen LogP contribution in [0.2, 0.25) is 0 Å². The van der Waals surface area contributed by atoms with Gasteiger partial charge in [-0.05, 0) is 66.7 Å². The number of phenols is 15. The van der Waals surface area contributed by atoms with Gasteiger partial charge in [0.05, 0.1) is 5.69 Å². The summed E-state index contributed by atoms with van der Waals surface area (Å²) in [5.74, 6) is -16.5. The largest absolute Gasteiger partial charge is 0.508 e. The fraction of sp³-hybridized carbons (Fsp3) is 0. The van der Waals surface area contributed by atoms with Crippen molar-refractivity contribution in [1.82, 2.24) is 0 Å². The Balaban J connectivity index is 0.000000467. The van der Waals surface area contributed by atoms with Crippen molar-refractivity contribution < 1.29 is 146 Å². The van der Waals surface area contributed by atoms with Crippen LogP contribution in [0.4, 0.5) is 11.4 Å². The summed E-state index contributed by atoms with van der Waals surface area (Å²) in [5, 5.41) is 192. The molecule has 0 bridgehead atoms. The van der Waals surface area contributed by atoms with Gasteiger partial charge in [-0.1, -0.05) is 6.07 Å². The molecule has 0 unspecified atom stereocenters. The molecular formula is C49H44N2O29. The summed E-state index contributed by atoms with van der Waals surface area (Å²) < 4.78 is 0. The summed E-state index contributed by atoms with van der Waals surface area (Å²) in [7, 11) is 0. The van der Waals surface area contributed by atoms with Gasteiger partial charge in [0.2, 0.25) is 5.75 Å². The minimum absolute atomic E-state index is 0.0740. The molecule has 80 heavy (non-hydrogen) atoms. The Hall–Kier alpha value is -12.6. The average Bonchev–Trinajstić information content (AvgIpc) is 3.33. The Labute approximate surface area is 444 Å². The third-order valence-corrected chi connectivity index (χ3v) is 8.95. The van der Waals surface area contributed by atoms with Gasteiger partial charge in [-0.3, -0.25) is 0 Å². The van der Waals surface area contributed by atoms with Gasteiger partial charge >= 0.3 is 41.8 Å². The lowest BCUT2D eigenvalue weighted by Crippen LogP contribution is -1.98. The molecule has 0 saturated carbocycles. The second-order valence-corrected chi connectivity index (χ2v) is 14.6. The van der Waals surface area contributed by atoms with E-state index in [2.05, 4.69) is 0 Å². The van der Waals surface area contributed by atoms with Crippen molar-refractivity contribution in [2.24, 2.45) is 0 Å². The van der Waals surface area contributed by atoms with Crippen molar-refractivity contribution in [3.63, 3.8) is 0 Å². The van der Waals surface area contributed by atoms with Gasteiger partial charge in [0, 0.05) is 42.1 Å². The Kier molecular flexibility index (Phi) is 24.0. The standard InChI is InChI=1S/2C7H7NO3.3C7H6O5.2C7H6O4/c8-4-1-2-5(7(10)11)6(9)3-4;8-5-3-1-2-4(6(5)9)7(10)11;8-4-2-6(10)5(9)1-3(4)7(11)12;8-3-1-4(9)6(7(11)12)5(10)2-3;8-4-2-1-3(7(11)12)5(9)6(4)10;8-4-1-2-6(9)5(3-4)7(10)11;8-4-1-2-5(7(10)11)6(9)3-4/h2*1-3,9H,8H2,(H,10,11);3*1-2,8-10H,(H,11,12);2*1-3,8-9H,(H,10,11). The van der Waals surface area contributed by atoms with E-state index in [1.807, 2.05) is 0 Å². The van der Waals surface area contributed by atoms with Crippen molar-refractivity contribution >= 4 is 53.2 Å². The predicted octanol–water partition coefficient (Wildman–Crippen LogP) is 4.44. The molecule has 7 rings (SSSR count). The molecule has 0 fully saturated rings. The molecule has 31 nitrogen and oxygen atoms in total. The van der Waals surface area contributed by atoms with Gasteiger partial charge < -0.3 is 124 Å². The van der Waals surface area contributed by atoms with Crippen molar-refractivity contribution in [2.45, 2.75) is 0 Å². The van der Waals surface area contributed by atoms with E-state index in [-0.39, 0.29) is 56.7 Å². The molecule has 7 aromatic rings. The fourth-order valence-corrected chi connectivity index (χ4v) is 5.15. The zero-order chi connectivity index (χ0) is 61.6. The van der Waals surface area contributed by atoms with Crippen LogP contribution >= 0.6 is 0 Å². The monoisotopic (exact) mass is 1120 g/mol. The maximum Gasteiger partial charge on any atom is 0.343 e. The molecule has 26 N–H and O–H groups in total. The van der Waals surface area contributed by atoms with Gasteiger partial charge in [0.1, 0.15) is 90.7 Å². The molecule has 0 atom stereocenters. The van der Waals surface area contributed by atoms with Crippen molar-refractivity contribution in [3.8, 4) is 86.2 Å². The van der Waals surface area contributed by atoms with Gasteiger partial charge in [-0.25, -0.2) is 33.6 Å². The summed E-state index contributed by atoms with van der Waals surface area (Å²) in [4.78, 5) is 72.3. The Morgan fingerprint density at radius 3 is 1.07 bits per heavy atom. The normalized spacial score (nSPS) is 9.55. The number of aromatic carboxylic acids is 7. The molecule has 0 aliphatic heterocycles. The number of nitrogens with two attached hydrogens (primary N) is 2. The lowest BCUT2D eigenvalue weighted by molar-refractivity contribution is 0.0679. The van der Waals surface area contributed by atoms with Gasteiger partial charge in [-0.15, -0.1) is 0 Å². The quantitative estimate of drug-likeness (QED) is 0.0595. The number of carbonyl (C=O) groups is 7. The predicted molar refractivity (Wildman–Crippen MR) is 268 cm³/mol. The Bertz CT molecular complexity index is 3320. The number of benzene rings is 7. The highest BCUT2D eigenvalue weighted by molar-refractivity contribution is 5.95. The number of carboxylic acid groups (broad SMARTS) is 7. The number of hydrogen-bond acceptors (Lipinski definition) is 24. The minimum Gasteiger partial charge on any atom is -0.508 e. The molecular weight excluding hydrogens is 1080 g/mol. The topological polar surface area (TPSA) is 617 Å². The van der Waals surface area contributed by atoms with Crippen LogP contribution in [0, 0.1) is 0 Å². The van der Waals surface area contributed by atoms with Crippen LogP contribution in [0.25, 0.3) is 0 Å². The Morgan fingerprint density at radius 2 is 0.637 bits per heavy atom. The number of para-hydroxylation sites is 1. The molecule has 7 aromatic carbocycles. The first-order chi connectivity index (χ1) is 37.0. The van der Waals surface area contributed by atoms with E-state index in [1.165, 1.54) is 48.5 Å². The lowest BCUT2D eigenvalue weighted by Gasteiger charge is -2.02. The van der Waals surface area contributed by atoms with E-state index < -0.39 is 116 Å². The third-order valence-electron chi connectivity index (χ3n) is 8.95. The number of hydrogen-bond donors (Lipinski definition) is 24. The number of nitrogen functional groups attached to an aromatic ring is 2. The molecule has 0 spiro atoms. The van der Waals surface area contributed by atoms with Crippen LogP contribution in [0.15, 0.2) is 109 Å². The summed E-state index contributed by atoms with van der Waals surface area (Å²) in [6, 6.07) is 19.9. The molecule has 0 amide bonds. The zero-order valence-electron chi connectivity index (χ0n) is 39.7. The van der Waals surface area contributed by atoms with E-state index in [0.717, 1.165) is 60.7 Å². The van der Waals surface area contributed by atoms with Crippen LogP contribution in [-0.2, 0) is 0 Å². The summed E-state index contributed by atoms with van der Waals surface area (Å²) in [6.45, 7) is 0. The minimum atomic E-state index is -1.45. The number of rotatable bonds is 7. The molecule has 0 saturated heterocycles. The molecule has 0 aromatic heterocycles. The molecule has 0 aliphatic rings. The fourth-order valence-electron chi connectivity index (χ4n) is 5.15. The summed E-state index contributed by atoms with van der Waals surface area (Å²) in [5.41, 5.74) is 8.57. The molecule has 0 heterocycles. The van der Waals surface area contributed by atoms with Gasteiger partial charge in [0.25, 0.3) is 0 Å². The highest BCUT2D eigenvalue weighted by atomic mass is 16.4. The van der Waals surface area contributed by atoms with E-state index >= 15 is 0 Å². The van der Waals surface area contributed by atoms with Crippen molar-refractivity contribution in [1.29, 1.82) is 0 Å².